The number of anilines is 2. The van der Waals surface area contributed by atoms with E-state index in [-0.39, 0.29) is 0 Å². The van der Waals surface area contributed by atoms with Crippen LogP contribution in [0.25, 0.3) is 0 Å². The summed E-state index contributed by atoms with van der Waals surface area (Å²) >= 11 is 0. The highest BCUT2D eigenvalue weighted by atomic mass is 16.5. The maximum absolute atomic E-state index is 5.35. The van der Waals surface area contributed by atoms with Gasteiger partial charge in [0.15, 0.2) is 0 Å². The Morgan fingerprint density at radius 1 is 1.30 bits per heavy atom. The van der Waals surface area contributed by atoms with Gasteiger partial charge in [-0.1, -0.05) is 0 Å². The molecule has 2 fully saturated rings. The zero-order valence-corrected chi connectivity index (χ0v) is 12.1. The summed E-state index contributed by atoms with van der Waals surface area (Å²) in [5.41, 5.74) is 0.997. The minimum atomic E-state index is 0.581. The fraction of sp³-hybridized carbons (Fsp3) is 0.714. The van der Waals surface area contributed by atoms with Crippen LogP contribution in [0.4, 0.5) is 11.8 Å². The molecule has 1 saturated carbocycles. The molecule has 6 nitrogen and oxygen atoms in total. The van der Waals surface area contributed by atoms with E-state index in [1.807, 2.05) is 13.0 Å². The zero-order valence-electron chi connectivity index (χ0n) is 12.1. The Hall–Kier alpha value is -1.40. The smallest absolute Gasteiger partial charge is 0.225 e. The Labute approximate surface area is 119 Å². The number of nitrogens with zero attached hydrogens (tertiary/aromatic N) is 3. The number of rotatable bonds is 6. The number of hydrogen-bond acceptors (Lipinski definition) is 6. The average molecular weight is 277 g/mol. The normalized spacial score (nSPS) is 19.9. The highest BCUT2D eigenvalue weighted by molar-refractivity contribution is 5.43. The van der Waals surface area contributed by atoms with Gasteiger partial charge in [0.2, 0.25) is 5.95 Å². The molecule has 110 valence electrons. The topological polar surface area (TPSA) is 62.3 Å². The van der Waals surface area contributed by atoms with Gasteiger partial charge in [-0.05, 0) is 19.8 Å². The second kappa shape index (κ2) is 6.37. The zero-order chi connectivity index (χ0) is 13.8. The molecule has 2 heterocycles. The first-order valence-electron chi connectivity index (χ1n) is 7.46. The first-order chi connectivity index (χ1) is 9.79. The van der Waals surface area contributed by atoms with E-state index < -0.39 is 0 Å². The van der Waals surface area contributed by atoms with Crippen LogP contribution in [0.1, 0.15) is 18.5 Å². The quantitative estimate of drug-likeness (QED) is 0.812. The molecule has 0 atom stereocenters. The maximum atomic E-state index is 5.35. The van der Waals surface area contributed by atoms with Gasteiger partial charge >= 0.3 is 0 Å². The molecule has 3 rings (SSSR count). The summed E-state index contributed by atoms with van der Waals surface area (Å²) in [6, 6.07) is 2.58. The number of aryl methyl sites for hydroxylation is 1. The molecular formula is C14H23N5O. The van der Waals surface area contributed by atoms with Gasteiger partial charge in [0.1, 0.15) is 5.82 Å². The fourth-order valence-corrected chi connectivity index (χ4v) is 2.30. The molecule has 0 amide bonds. The molecule has 1 aromatic rings. The predicted octanol–water partition coefficient (Wildman–Crippen LogP) is 1.10. The predicted molar refractivity (Wildman–Crippen MR) is 79.2 cm³/mol. The highest BCUT2D eigenvalue weighted by Crippen LogP contribution is 2.23. The van der Waals surface area contributed by atoms with E-state index in [1.54, 1.807) is 0 Å². The second-order valence-electron chi connectivity index (χ2n) is 5.52. The van der Waals surface area contributed by atoms with E-state index in [0.29, 0.717) is 6.04 Å². The monoisotopic (exact) mass is 277 g/mol. The summed E-state index contributed by atoms with van der Waals surface area (Å²) in [5.74, 6) is 1.66. The van der Waals surface area contributed by atoms with Crippen molar-refractivity contribution < 1.29 is 4.74 Å². The summed E-state index contributed by atoms with van der Waals surface area (Å²) in [7, 11) is 0. The molecule has 1 aliphatic heterocycles. The summed E-state index contributed by atoms with van der Waals surface area (Å²) < 4.78 is 5.35. The molecule has 1 aromatic heterocycles. The third kappa shape index (κ3) is 4.05. The number of ether oxygens (including phenoxy) is 1. The highest BCUT2D eigenvalue weighted by Gasteiger charge is 2.22. The van der Waals surface area contributed by atoms with Crippen molar-refractivity contribution in [3.05, 3.63) is 11.8 Å². The van der Waals surface area contributed by atoms with E-state index in [2.05, 4.69) is 25.5 Å². The van der Waals surface area contributed by atoms with Crippen molar-refractivity contribution in [3.63, 3.8) is 0 Å². The van der Waals surface area contributed by atoms with E-state index in [4.69, 9.17) is 4.74 Å². The molecule has 2 aliphatic rings. The van der Waals surface area contributed by atoms with Crippen molar-refractivity contribution in [2.24, 2.45) is 0 Å². The minimum absolute atomic E-state index is 0.581. The van der Waals surface area contributed by atoms with Crippen LogP contribution in [0.15, 0.2) is 6.07 Å². The van der Waals surface area contributed by atoms with Crippen LogP contribution in [0, 0.1) is 6.92 Å². The standard InChI is InChI=1S/C14H23N5O/c1-11-10-13(18-14(16-11)17-12-2-3-12)15-4-5-19-6-8-20-9-7-19/h10,12H,2-9H2,1H3,(H2,15,16,17,18). The second-order valence-corrected chi connectivity index (χ2v) is 5.52. The SMILES string of the molecule is Cc1cc(NCCN2CCOCC2)nc(NC2CC2)n1. The summed E-state index contributed by atoms with van der Waals surface area (Å²) in [6.07, 6.45) is 2.47. The Morgan fingerprint density at radius 3 is 2.85 bits per heavy atom. The van der Waals surface area contributed by atoms with Gasteiger partial charge in [-0.25, -0.2) is 4.98 Å². The van der Waals surface area contributed by atoms with E-state index >= 15 is 0 Å². The van der Waals surface area contributed by atoms with Crippen LogP contribution >= 0.6 is 0 Å². The third-order valence-corrected chi connectivity index (χ3v) is 3.60. The van der Waals surface area contributed by atoms with E-state index in [1.165, 1.54) is 12.8 Å². The Bertz CT molecular complexity index is 443. The molecule has 2 N–H and O–H groups in total. The third-order valence-electron chi connectivity index (χ3n) is 3.60. The first kappa shape index (κ1) is 13.6. The van der Waals surface area contributed by atoms with Crippen LogP contribution in [-0.4, -0.2) is 60.3 Å². The molecule has 0 unspecified atom stereocenters. The minimum Gasteiger partial charge on any atom is -0.379 e. The largest absolute Gasteiger partial charge is 0.379 e. The van der Waals surface area contributed by atoms with Crippen LogP contribution in [0.3, 0.4) is 0 Å². The molecule has 1 aliphatic carbocycles. The van der Waals surface area contributed by atoms with Gasteiger partial charge in [-0.15, -0.1) is 0 Å². The molecular weight excluding hydrogens is 254 g/mol. The van der Waals surface area contributed by atoms with Crippen molar-refractivity contribution in [1.29, 1.82) is 0 Å². The summed E-state index contributed by atoms with van der Waals surface area (Å²) in [6.45, 7) is 7.69. The fourth-order valence-electron chi connectivity index (χ4n) is 2.30. The van der Waals surface area contributed by atoms with E-state index in [9.17, 15) is 0 Å². The molecule has 0 bridgehead atoms. The van der Waals surface area contributed by atoms with Crippen molar-refractivity contribution in [2.45, 2.75) is 25.8 Å². The Balaban J connectivity index is 1.49. The van der Waals surface area contributed by atoms with Gasteiger partial charge in [0.05, 0.1) is 13.2 Å². The van der Waals surface area contributed by atoms with Gasteiger partial charge in [0, 0.05) is 44.0 Å². The molecule has 0 radical (unpaired) electrons. The lowest BCUT2D eigenvalue weighted by molar-refractivity contribution is 0.0398. The lowest BCUT2D eigenvalue weighted by atomic mass is 10.4. The number of hydrogen-bond donors (Lipinski definition) is 2. The number of aromatic nitrogens is 2. The Kier molecular flexibility index (Phi) is 4.32. The number of nitrogens with one attached hydrogen (secondary N) is 2. The maximum Gasteiger partial charge on any atom is 0.225 e. The molecule has 0 spiro atoms. The van der Waals surface area contributed by atoms with E-state index in [0.717, 1.165) is 56.9 Å². The lowest BCUT2D eigenvalue weighted by Gasteiger charge is -2.26. The lowest BCUT2D eigenvalue weighted by Crippen LogP contribution is -2.39. The van der Waals surface area contributed by atoms with Crippen molar-refractivity contribution >= 4 is 11.8 Å². The van der Waals surface area contributed by atoms with Gasteiger partial charge in [0.25, 0.3) is 0 Å². The van der Waals surface area contributed by atoms with Crippen molar-refractivity contribution in [1.82, 2.24) is 14.9 Å². The molecule has 0 aromatic carbocycles. The summed E-state index contributed by atoms with van der Waals surface area (Å²) in [4.78, 5) is 11.4. The molecule has 1 saturated heterocycles. The van der Waals surface area contributed by atoms with Gasteiger partial charge < -0.3 is 15.4 Å². The van der Waals surface area contributed by atoms with Crippen LogP contribution < -0.4 is 10.6 Å². The van der Waals surface area contributed by atoms with Crippen LogP contribution in [0.2, 0.25) is 0 Å². The Morgan fingerprint density at radius 2 is 2.10 bits per heavy atom. The van der Waals surface area contributed by atoms with Crippen LogP contribution in [-0.2, 0) is 4.74 Å². The van der Waals surface area contributed by atoms with Crippen molar-refractivity contribution in [3.8, 4) is 0 Å². The summed E-state index contributed by atoms with van der Waals surface area (Å²) in [5, 5.41) is 6.74. The molecule has 20 heavy (non-hydrogen) atoms. The average Bonchev–Trinajstić information content (AvgIpc) is 3.23. The number of morpholine rings is 1. The molecule has 6 heteroatoms. The van der Waals surface area contributed by atoms with Gasteiger partial charge in [-0.2, -0.15) is 4.98 Å². The first-order valence-corrected chi connectivity index (χ1v) is 7.46. The van der Waals surface area contributed by atoms with Crippen LogP contribution in [0.5, 0.6) is 0 Å². The van der Waals surface area contributed by atoms with Gasteiger partial charge in [-0.3, -0.25) is 4.90 Å². The van der Waals surface area contributed by atoms with Crippen molar-refractivity contribution in [2.75, 3.05) is 50.0 Å².